The molecule has 3 heterocycles. The monoisotopic (exact) mass is 344 g/mol. The predicted octanol–water partition coefficient (Wildman–Crippen LogP) is 3.65. The van der Waals surface area contributed by atoms with E-state index in [0.717, 1.165) is 10.9 Å². The maximum Gasteiger partial charge on any atom is 0.219 e. The lowest BCUT2D eigenvalue weighted by Crippen LogP contribution is -2.52. The third-order valence-corrected chi connectivity index (χ3v) is 5.31. The minimum absolute atomic E-state index is 0.206. The van der Waals surface area contributed by atoms with Crippen LogP contribution in [-0.4, -0.2) is 29.7 Å². The third kappa shape index (κ3) is 2.37. The molecule has 24 heavy (non-hydrogen) atoms. The number of aromatic nitrogens is 1. The molecule has 1 fully saturated rings. The quantitative estimate of drug-likeness (QED) is 0.535. The molecule has 3 aromatic rings. The van der Waals surface area contributed by atoms with E-state index in [2.05, 4.69) is 4.98 Å². The van der Waals surface area contributed by atoms with Crippen LogP contribution in [0.4, 0.5) is 4.39 Å². The van der Waals surface area contributed by atoms with Crippen molar-refractivity contribution in [2.24, 2.45) is 0 Å². The van der Waals surface area contributed by atoms with Gasteiger partial charge in [0.15, 0.2) is 0 Å². The Kier molecular flexibility index (Phi) is 3.54. The summed E-state index contributed by atoms with van der Waals surface area (Å²) in [7, 11) is 0. The van der Waals surface area contributed by atoms with Gasteiger partial charge < -0.3 is 4.74 Å². The van der Waals surface area contributed by atoms with E-state index in [9.17, 15) is 14.5 Å². The minimum Gasteiger partial charge on any atom is -0.379 e. The standard InChI is InChI=1S/C17H13FN2O3S/c18-13-4-1-3-11-12(7-24-16(11)13)14-5-2-6-15(19-14)17(8-20(21)22)9-23-10-17/h1-7H,8-10H2. The number of hydrogen-bond donors (Lipinski definition) is 0. The SMILES string of the molecule is O=[N+]([O-])CC1(c2cccc(-c3csc4c(F)cccc34)n2)COC1. The van der Waals surface area contributed by atoms with Crippen molar-refractivity contribution in [2.45, 2.75) is 5.41 Å². The van der Waals surface area contributed by atoms with E-state index in [1.807, 2.05) is 23.6 Å². The summed E-state index contributed by atoms with van der Waals surface area (Å²) in [6.07, 6.45) is 0. The van der Waals surface area contributed by atoms with Gasteiger partial charge in [0.1, 0.15) is 11.2 Å². The second-order valence-corrected chi connectivity index (χ2v) is 6.82. The van der Waals surface area contributed by atoms with Gasteiger partial charge in [-0.05, 0) is 18.2 Å². The van der Waals surface area contributed by atoms with Gasteiger partial charge in [-0.25, -0.2) is 4.39 Å². The maximum atomic E-state index is 13.9. The fourth-order valence-electron chi connectivity index (χ4n) is 3.02. The zero-order chi connectivity index (χ0) is 16.7. The average Bonchev–Trinajstić information content (AvgIpc) is 2.96. The van der Waals surface area contributed by atoms with Crippen molar-refractivity contribution in [3.63, 3.8) is 0 Å². The summed E-state index contributed by atoms with van der Waals surface area (Å²) < 4.78 is 19.7. The van der Waals surface area contributed by atoms with Crippen LogP contribution in [0.2, 0.25) is 0 Å². The van der Waals surface area contributed by atoms with E-state index in [1.165, 1.54) is 17.4 Å². The second-order valence-electron chi connectivity index (χ2n) is 5.94. The number of hydrogen-bond acceptors (Lipinski definition) is 5. The van der Waals surface area contributed by atoms with E-state index in [4.69, 9.17) is 4.74 Å². The van der Waals surface area contributed by atoms with Crippen molar-refractivity contribution in [1.29, 1.82) is 0 Å². The van der Waals surface area contributed by atoms with E-state index in [1.54, 1.807) is 12.1 Å². The Morgan fingerprint density at radius 2 is 2.08 bits per heavy atom. The van der Waals surface area contributed by atoms with E-state index in [0.29, 0.717) is 29.3 Å². The molecule has 5 nitrogen and oxygen atoms in total. The molecular weight excluding hydrogens is 331 g/mol. The van der Waals surface area contributed by atoms with Gasteiger partial charge in [0, 0.05) is 21.3 Å². The number of nitrogens with zero attached hydrogens (tertiary/aromatic N) is 2. The number of rotatable bonds is 4. The molecule has 1 aliphatic rings. The highest BCUT2D eigenvalue weighted by atomic mass is 32.1. The summed E-state index contributed by atoms with van der Waals surface area (Å²) in [4.78, 5) is 15.3. The molecule has 122 valence electrons. The lowest BCUT2D eigenvalue weighted by molar-refractivity contribution is -0.498. The Morgan fingerprint density at radius 3 is 2.79 bits per heavy atom. The van der Waals surface area contributed by atoms with Crippen LogP contribution in [0, 0.1) is 15.9 Å². The lowest BCUT2D eigenvalue weighted by atomic mass is 9.82. The van der Waals surface area contributed by atoms with E-state index >= 15 is 0 Å². The molecule has 0 bridgehead atoms. The molecule has 0 saturated carbocycles. The summed E-state index contributed by atoms with van der Waals surface area (Å²) in [6, 6.07) is 10.4. The number of fused-ring (bicyclic) bond motifs is 1. The fraction of sp³-hybridized carbons (Fsp3) is 0.235. The van der Waals surface area contributed by atoms with Gasteiger partial charge in [0.05, 0.1) is 29.3 Å². The fourth-order valence-corrected chi connectivity index (χ4v) is 3.99. The maximum absolute atomic E-state index is 13.9. The van der Waals surface area contributed by atoms with Crippen molar-refractivity contribution < 1.29 is 14.1 Å². The van der Waals surface area contributed by atoms with Crippen LogP contribution in [-0.2, 0) is 10.2 Å². The lowest BCUT2D eigenvalue weighted by Gasteiger charge is -2.37. The van der Waals surface area contributed by atoms with Crippen LogP contribution >= 0.6 is 11.3 Å². The van der Waals surface area contributed by atoms with Crippen LogP contribution < -0.4 is 0 Å². The van der Waals surface area contributed by atoms with E-state index < -0.39 is 5.41 Å². The summed E-state index contributed by atoms with van der Waals surface area (Å²) in [5.74, 6) is -0.253. The number of halogens is 1. The highest BCUT2D eigenvalue weighted by molar-refractivity contribution is 7.17. The van der Waals surface area contributed by atoms with Crippen LogP contribution in [0.25, 0.3) is 21.3 Å². The molecule has 0 unspecified atom stereocenters. The number of nitro groups is 1. The van der Waals surface area contributed by atoms with Gasteiger partial charge in [-0.2, -0.15) is 0 Å². The average molecular weight is 344 g/mol. The summed E-state index contributed by atoms with van der Waals surface area (Å²) in [5, 5.41) is 13.7. The first kappa shape index (κ1) is 15.2. The smallest absolute Gasteiger partial charge is 0.219 e. The Bertz CT molecular complexity index is 936. The molecule has 1 aliphatic heterocycles. The summed E-state index contributed by atoms with van der Waals surface area (Å²) in [5.41, 5.74) is 1.52. The Labute approximate surface area is 140 Å². The van der Waals surface area contributed by atoms with Crippen molar-refractivity contribution in [3.05, 3.63) is 63.4 Å². The first-order valence-corrected chi connectivity index (χ1v) is 8.30. The molecule has 0 N–H and O–H groups in total. The highest BCUT2D eigenvalue weighted by Gasteiger charge is 2.46. The minimum atomic E-state index is -0.670. The van der Waals surface area contributed by atoms with Crippen molar-refractivity contribution in [2.75, 3.05) is 19.8 Å². The molecule has 0 aliphatic carbocycles. The molecule has 4 rings (SSSR count). The molecule has 0 spiro atoms. The summed E-state index contributed by atoms with van der Waals surface area (Å²) >= 11 is 1.33. The molecule has 1 saturated heterocycles. The zero-order valence-corrected chi connectivity index (χ0v) is 13.4. The molecule has 0 amide bonds. The normalized spacial score (nSPS) is 16.0. The Morgan fingerprint density at radius 1 is 1.29 bits per heavy atom. The third-order valence-electron chi connectivity index (χ3n) is 4.31. The van der Waals surface area contributed by atoms with Crippen LogP contribution in [0.15, 0.2) is 41.8 Å². The molecule has 0 radical (unpaired) electrons. The van der Waals surface area contributed by atoms with Gasteiger partial charge in [-0.3, -0.25) is 15.1 Å². The van der Waals surface area contributed by atoms with Gasteiger partial charge in [0.2, 0.25) is 6.54 Å². The molecular formula is C17H13FN2O3S. The summed E-state index contributed by atoms with van der Waals surface area (Å²) in [6.45, 7) is 0.384. The number of benzene rings is 1. The zero-order valence-electron chi connectivity index (χ0n) is 12.6. The van der Waals surface area contributed by atoms with Gasteiger partial charge in [-0.15, -0.1) is 11.3 Å². The first-order valence-electron chi connectivity index (χ1n) is 7.42. The van der Waals surface area contributed by atoms with Gasteiger partial charge in [0.25, 0.3) is 0 Å². The number of pyridine rings is 1. The topological polar surface area (TPSA) is 65.3 Å². The molecule has 7 heteroatoms. The molecule has 0 atom stereocenters. The Balaban J connectivity index is 1.80. The number of thiophene rings is 1. The van der Waals surface area contributed by atoms with E-state index in [-0.39, 0.29) is 17.3 Å². The van der Waals surface area contributed by atoms with Crippen molar-refractivity contribution in [1.82, 2.24) is 4.98 Å². The molecule has 2 aromatic heterocycles. The van der Waals surface area contributed by atoms with Gasteiger partial charge >= 0.3 is 0 Å². The predicted molar refractivity (Wildman–Crippen MR) is 89.4 cm³/mol. The van der Waals surface area contributed by atoms with Crippen LogP contribution in [0.3, 0.4) is 0 Å². The highest BCUT2D eigenvalue weighted by Crippen LogP contribution is 2.37. The Hall–Kier alpha value is -2.38. The largest absolute Gasteiger partial charge is 0.379 e. The second kappa shape index (κ2) is 5.61. The molecule has 1 aromatic carbocycles. The number of ether oxygens (including phenoxy) is 1. The van der Waals surface area contributed by atoms with Crippen LogP contribution in [0.1, 0.15) is 5.69 Å². The first-order chi connectivity index (χ1) is 11.6. The van der Waals surface area contributed by atoms with Crippen molar-refractivity contribution >= 4 is 21.4 Å². The van der Waals surface area contributed by atoms with Crippen molar-refractivity contribution in [3.8, 4) is 11.3 Å². The van der Waals surface area contributed by atoms with Gasteiger partial charge in [-0.1, -0.05) is 18.2 Å². The van der Waals surface area contributed by atoms with Crippen LogP contribution in [0.5, 0.6) is 0 Å².